The molecule has 0 radical (unpaired) electrons. The van der Waals surface area contributed by atoms with Crippen LogP contribution in [0.5, 0.6) is 11.5 Å². The smallest absolute Gasteiger partial charge is 0.246 e. The van der Waals surface area contributed by atoms with Crippen LogP contribution in [0.1, 0.15) is 22.8 Å². The molecule has 0 unspecified atom stereocenters. The number of carbonyl (C=O) groups excluding carboxylic acids is 1. The van der Waals surface area contributed by atoms with Crippen molar-refractivity contribution in [2.45, 2.75) is 11.7 Å². The van der Waals surface area contributed by atoms with Crippen LogP contribution in [0.4, 0.5) is 0 Å². The minimum absolute atomic E-state index is 0.0295. The Balaban J connectivity index is 1.39. The summed E-state index contributed by atoms with van der Waals surface area (Å²) >= 11 is 8.03. The van der Waals surface area contributed by atoms with Gasteiger partial charge in [0.1, 0.15) is 0 Å². The van der Waals surface area contributed by atoms with Crippen LogP contribution >= 0.6 is 23.4 Å². The van der Waals surface area contributed by atoms with Crippen molar-refractivity contribution >= 4 is 35.3 Å². The van der Waals surface area contributed by atoms with E-state index in [9.17, 15) is 4.79 Å². The largest absolute Gasteiger partial charge is 0.454 e. The zero-order chi connectivity index (χ0) is 18.6. The fourth-order valence-electron chi connectivity index (χ4n) is 3.25. The van der Waals surface area contributed by atoms with Crippen LogP contribution in [-0.2, 0) is 4.79 Å². The van der Waals surface area contributed by atoms with Crippen molar-refractivity contribution in [3.05, 3.63) is 64.7 Å². The number of carbonyl (C=O) groups is 1. The number of ether oxygens (including phenoxy) is 2. The van der Waals surface area contributed by atoms with E-state index in [1.54, 1.807) is 12.2 Å². The van der Waals surface area contributed by atoms with Crippen LogP contribution in [0.2, 0.25) is 5.02 Å². The summed E-state index contributed by atoms with van der Waals surface area (Å²) in [4.78, 5) is 14.5. The Morgan fingerprint density at radius 2 is 2.00 bits per heavy atom. The molecule has 27 heavy (non-hydrogen) atoms. The molecule has 1 atom stereocenters. The lowest BCUT2D eigenvalue weighted by molar-refractivity contribution is -0.125. The number of halogens is 1. The van der Waals surface area contributed by atoms with Gasteiger partial charge in [-0.2, -0.15) is 11.8 Å². The maximum atomic E-state index is 12.6. The molecule has 140 valence electrons. The van der Waals surface area contributed by atoms with Crippen molar-refractivity contribution in [1.82, 2.24) is 4.90 Å². The van der Waals surface area contributed by atoms with Gasteiger partial charge in [0.25, 0.3) is 0 Å². The number of hydrogen-bond donors (Lipinski definition) is 0. The van der Waals surface area contributed by atoms with Gasteiger partial charge >= 0.3 is 0 Å². The van der Waals surface area contributed by atoms with Crippen molar-refractivity contribution in [1.29, 1.82) is 0 Å². The molecule has 4 nitrogen and oxygen atoms in total. The van der Waals surface area contributed by atoms with E-state index in [1.807, 2.05) is 47.0 Å². The Kier molecular flexibility index (Phi) is 5.60. The molecule has 1 fully saturated rings. The number of amides is 1. The normalized spacial score (nSPS) is 19.3. The molecule has 0 aromatic heterocycles. The standard InChI is InChI=1S/C21H20ClNO3S/c22-17-4-2-1-3-15(17)6-8-21(24)23-10-9-20(27-12-11-23)16-5-7-18-19(13-16)26-14-25-18/h1-8,13,20H,9-12,14H2/b8-6+/t20-/m0/s1. The lowest BCUT2D eigenvalue weighted by atomic mass is 10.1. The Labute approximate surface area is 168 Å². The Bertz CT molecular complexity index is 870. The molecule has 2 aliphatic rings. The summed E-state index contributed by atoms with van der Waals surface area (Å²) in [6.45, 7) is 1.77. The van der Waals surface area contributed by atoms with Gasteiger partial charge in [0.2, 0.25) is 12.7 Å². The average molecular weight is 402 g/mol. The predicted molar refractivity (Wildman–Crippen MR) is 109 cm³/mol. The molecule has 2 aliphatic heterocycles. The first-order valence-corrected chi connectivity index (χ1v) is 10.4. The van der Waals surface area contributed by atoms with E-state index in [4.69, 9.17) is 21.1 Å². The van der Waals surface area contributed by atoms with Gasteiger partial charge in [-0.05, 0) is 41.8 Å². The molecule has 0 spiro atoms. The first kappa shape index (κ1) is 18.3. The second kappa shape index (κ2) is 8.28. The van der Waals surface area contributed by atoms with Crippen LogP contribution in [0.25, 0.3) is 6.08 Å². The summed E-state index contributed by atoms with van der Waals surface area (Å²) in [7, 11) is 0. The molecule has 1 saturated heterocycles. The van der Waals surface area contributed by atoms with Crippen molar-refractivity contribution in [2.75, 3.05) is 25.6 Å². The minimum atomic E-state index is 0.0295. The SMILES string of the molecule is O=C(/C=C/c1ccccc1Cl)N1CCS[C@H](c2ccc3c(c2)OCO3)CC1. The van der Waals surface area contributed by atoms with Gasteiger partial charge in [0.05, 0.1) is 0 Å². The second-order valence-electron chi connectivity index (χ2n) is 6.44. The third-order valence-electron chi connectivity index (χ3n) is 4.73. The average Bonchev–Trinajstić information content (AvgIpc) is 3.01. The highest BCUT2D eigenvalue weighted by Crippen LogP contribution is 2.40. The molecule has 6 heteroatoms. The van der Waals surface area contributed by atoms with Crippen LogP contribution in [0, 0.1) is 0 Å². The zero-order valence-electron chi connectivity index (χ0n) is 14.8. The fourth-order valence-corrected chi connectivity index (χ4v) is 4.67. The maximum Gasteiger partial charge on any atom is 0.246 e. The predicted octanol–water partition coefficient (Wildman–Crippen LogP) is 4.79. The highest BCUT2D eigenvalue weighted by molar-refractivity contribution is 7.99. The van der Waals surface area contributed by atoms with Crippen molar-refractivity contribution in [3.63, 3.8) is 0 Å². The number of nitrogens with zero attached hydrogens (tertiary/aromatic N) is 1. The van der Waals surface area contributed by atoms with E-state index in [-0.39, 0.29) is 12.7 Å². The number of benzene rings is 2. The molecule has 2 aromatic rings. The number of thioether (sulfide) groups is 1. The molecular weight excluding hydrogens is 382 g/mol. The first-order valence-electron chi connectivity index (χ1n) is 8.93. The maximum absolute atomic E-state index is 12.6. The van der Waals surface area contributed by atoms with Crippen LogP contribution in [-0.4, -0.2) is 36.4 Å². The van der Waals surface area contributed by atoms with E-state index in [0.717, 1.165) is 42.3 Å². The van der Waals surface area contributed by atoms with Gasteiger partial charge in [0.15, 0.2) is 11.5 Å². The molecule has 0 aliphatic carbocycles. The Morgan fingerprint density at radius 1 is 1.15 bits per heavy atom. The van der Waals surface area contributed by atoms with Gasteiger partial charge < -0.3 is 14.4 Å². The molecule has 0 saturated carbocycles. The summed E-state index contributed by atoms with van der Waals surface area (Å²) in [5, 5.41) is 1.00. The van der Waals surface area contributed by atoms with Gasteiger partial charge in [-0.3, -0.25) is 4.79 Å². The molecule has 2 heterocycles. The molecule has 1 amide bonds. The molecule has 0 N–H and O–H groups in total. The molecule has 4 rings (SSSR count). The third kappa shape index (κ3) is 4.25. The van der Waals surface area contributed by atoms with Crippen LogP contribution in [0.15, 0.2) is 48.5 Å². The third-order valence-corrected chi connectivity index (χ3v) is 6.40. The summed E-state index contributed by atoms with van der Waals surface area (Å²) in [6.07, 6.45) is 4.32. The highest BCUT2D eigenvalue weighted by atomic mass is 35.5. The monoisotopic (exact) mass is 401 g/mol. The summed E-state index contributed by atoms with van der Waals surface area (Å²) in [6, 6.07) is 13.6. The number of rotatable bonds is 3. The Hall–Kier alpha value is -2.11. The first-order chi connectivity index (χ1) is 13.2. The van der Waals surface area contributed by atoms with Crippen molar-refractivity contribution in [2.24, 2.45) is 0 Å². The van der Waals surface area contributed by atoms with Crippen LogP contribution < -0.4 is 9.47 Å². The van der Waals surface area contributed by atoms with E-state index in [0.29, 0.717) is 10.3 Å². The van der Waals surface area contributed by atoms with Crippen molar-refractivity contribution < 1.29 is 14.3 Å². The lowest BCUT2D eigenvalue weighted by Gasteiger charge is -2.18. The number of hydrogen-bond acceptors (Lipinski definition) is 4. The van der Waals surface area contributed by atoms with Gasteiger partial charge in [-0.1, -0.05) is 35.9 Å². The van der Waals surface area contributed by atoms with E-state index < -0.39 is 0 Å². The van der Waals surface area contributed by atoms with E-state index in [2.05, 4.69) is 12.1 Å². The topological polar surface area (TPSA) is 38.8 Å². The fraction of sp³-hybridized carbons (Fsp3) is 0.286. The summed E-state index contributed by atoms with van der Waals surface area (Å²) < 4.78 is 10.9. The molecular formula is C21H20ClNO3S. The quantitative estimate of drug-likeness (QED) is 0.693. The lowest BCUT2D eigenvalue weighted by Crippen LogP contribution is -2.31. The highest BCUT2D eigenvalue weighted by Gasteiger charge is 2.23. The number of fused-ring (bicyclic) bond motifs is 1. The summed E-state index contributed by atoms with van der Waals surface area (Å²) in [5.74, 6) is 2.55. The zero-order valence-corrected chi connectivity index (χ0v) is 16.3. The van der Waals surface area contributed by atoms with Crippen molar-refractivity contribution in [3.8, 4) is 11.5 Å². The minimum Gasteiger partial charge on any atom is -0.454 e. The molecule has 2 aromatic carbocycles. The van der Waals surface area contributed by atoms with Crippen LogP contribution in [0.3, 0.4) is 0 Å². The van der Waals surface area contributed by atoms with Gasteiger partial charge in [0, 0.05) is 35.2 Å². The van der Waals surface area contributed by atoms with Gasteiger partial charge in [-0.15, -0.1) is 0 Å². The molecule has 0 bridgehead atoms. The van der Waals surface area contributed by atoms with Gasteiger partial charge in [-0.25, -0.2) is 0 Å². The van der Waals surface area contributed by atoms with E-state index in [1.165, 1.54) is 5.56 Å². The Morgan fingerprint density at radius 3 is 2.89 bits per heavy atom. The summed E-state index contributed by atoms with van der Waals surface area (Å²) in [5.41, 5.74) is 2.08. The second-order valence-corrected chi connectivity index (χ2v) is 8.16. The van der Waals surface area contributed by atoms with E-state index >= 15 is 0 Å².